The van der Waals surface area contributed by atoms with Crippen molar-refractivity contribution in [3.05, 3.63) is 29.8 Å². The molecule has 0 aliphatic carbocycles. The second-order valence-electron chi connectivity index (χ2n) is 2.28. The van der Waals surface area contributed by atoms with E-state index in [9.17, 15) is 14.4 Å². The summed E-state index contributed by atoms with van der Waals surface area (Å²) in [6, 6.07) is 5.92. The summed E-state index contributed by atoms with van der Waals surface area (Å²) in [4.78, 5) is 38.4. The van der Waals surface area contributed by atoms with E-state index in [2.05, 4.69) is 15.0 Å². The zero-order chi connectivity index (χ0) is 11.1. The number of hydrogen-bond acceptors (Lipinski definition) is 6. The maximum Gasteiger partial charge on any atom is 0.369 e. The van der Waals surface area contributed by atoms with Gasteiger partial charge in [0, 0.05) is 5.16 Å². The molecule has 74 valence electrons. The number of isocyanates is 2. The van der Waals surface area contributed by atoms with Crippen LogP contribution in [0.1, 0.15) is 10.4 Å². The molecule has 0 unspecified atom stereocenters. The van der Waals surface area contributed by atoms with Gasteiger partial charge in [0.05, 0.1) is 11.3 Å². The number of carbonyl (C=O) groups is 1. The molecule has 0 heterocycles. The molecule has 0 fully saturated rings. The lowest BCUT2D eigenvalue weighted by Crippen LogP contribution is -2.00. The van der Waals surface area contributed by atoms with Gasteiger partial charge in [0.15, 0.2) is 0 Å². The summed E-state index contributed by atoms with van der Waals surface area (Å²) in [6.45, 7) is 0. The molecule has 0 aliphatic rings. The molecule has 15 heavy (non-hydrogen) atoms. The average molecular weight is 204 g/mol. The van der Waals surface area contributed by atoms with Crippen LogP contribution in [0.5, 0.6) is 0 Å². The number of nitrogens with zero attached hydrogens (tertiary/aromatic N) is 2. The van der Waals surface area contributed by atoms with E-state index in [0.717, 1.165) is 6.08 Å². The first-order chi connectivity index (χ1) is 7.29. The van der Waals surface area contributed by atoms with Crippen molar-refractivity contribution < 1.29 is 19.2 Å². The lowest BCUT2D eigenvalue weighted by Gasteiger charge is -1.98. The van der Waals surface area contributed by atoms with Crippen LogP contribution in [0.25, 0.3) is 0 Å². The standard InChI is InChI=1S/C9H4N2O4/c12-5-10-8-4-2-1-3-7(8)9(14)15-11-6-13/h1-4H. The van der Waals surface area contributed by atoms with Crippen molar-refractivity contribution in [3.63, 3.8) is 0 Å². The molecule has 1 rings (SSSR count). The minimum Gasteiger partial charge on any atom is -0.301 e. The van der Waals surface area contributed by atoms with Crippen LogP contribution in [-0.4, -0.2) is 18.1 Å². The van der Waals surface area contributed by atoms with E-state index >= 15 is 0 Å². The van der Waals surface area contributed by atoms with Crippen LogP contribution in [0.2, 0.25) is 0 Å². The third kappa shape index (κ3) is 2.70. The first-order valence-electron chi connectivity index (χ1n) is 3.75. The normalized spacial score (nSPS) is 8.27. The first-order valence-corrected chi connectivity index (χ1v) is 3.75. The Morgan fingerprint density at radius 3 is 2.60 bits per heavy atom. The van der Waals surface area contributed by atoms with Gasteiger partial charge in [0.25, 0.3) is 6.08 Å². The topological polar surface area (TPSA) is 85.2 Å². The lowest BCUT2D eigenvalue weighted by atomic mass is 10.2. The Morgan fingerprint density at radius 2 is 1.93 bits per heavy atom. The number of rotatable bonds is 3. The average Bonchev–Trinajstić information content (AvgIpc) is 2.27. The van der Waals surface area contributed by atoms with E-state index < -0.39 is 5.97 Å². The Kier molecular flexibility index (Phi) is 3.68. The van der Waals surface area contributed by atoms with Crippen molar-refractivity contribution in [1.82, 2.24) is 0 Å². The molecule has 0 amide bonds. The Hall–Kier alpha value is -2.55. The Labute approximate surface area is 83.9 Å². The largest absolute Gasteiger partial charge is 0.369 e. The Balaban J connectivity index is 3.06. The van der Waals surface area contributed by atoms with E-state index in [1.54, 1.807) is 12.1 Å². The molecule has 6 heteroatoms. The second-order valence-corrected chi connectivity index (χ2v) is 2.28. The van der Waals surface area contributed by atoms with Gasteiger partial charge in [-0.2, -0.15) is 4.99 Å². The van der Waals surface area contributed by atoms with Gasteiger partial charge in [-0.05, 0) is 12.1 Å². The van der Waals surface area contributed by atoms with Crippen molar-refractivity contribution in [2.45, 2.75) is 0 Å². The maximum atomic E-state index is 11.2. The van der Waals surface area contributed by atoms with Crippen LogP contribution in [0.15, 0.2) is 34.4 Å². The predicted octanol–water partition coefficient (Wildman–Crippen LogP) is 1.06. The minimum absolute atomic E-state index is 0.0138. The molecule has 0 atom stereocenters. The summed E-state index contributed by atoms with van der Waals surface area (Å²) < 4.78 is 0. The Morgan fingerprint density at radius 1 is 1.20 bits per heavy atom. The van der Waals surface area contributed by atoms with Crippen LogP contribution in [0.3, 0.4) is 0 Å². The van der Waals surface area contributed by atoms with Crippen LogP contribution in [0, 0.1) is 0 Å². The molecule has 6 nitrogen and oxygen atoms in total. The fourth-order valence-electron chi connectivity index (χ4n) is 0.902. The van der Waals surface area contributed by atoms with Crippen molar-refractivity contribution >= 4 is 23.8 Å². The van der Waals surface area contributed by atoms with Gasteiger partial charge in [0.1, 0.15) is 0 Å². The highest BCUT2D eigenvalue weighted by Gasteiger charge is 2.11. The monoisotopic (exact) mass is 204 g/mol. The van der Waals surface area contributed by atoms with Crippen molar-refractivity contribution in [3.8, 4) is 0 Å². The van der Waals surface area contributed by atoms with E-state index in [-0.39, 0.29) is 11.3 Å². The molecule has 0 bridgehead atoms. The number of hydrogen-bond donors (Lipinski definition) is 0. The predicted molar refractivity (Wildman–Crippen MR) is 47.8 cm³/mol. The molecule has 0 aliphatic heterocycles. The number of carbonyl (C=O) groups excluding carboxylic acids is 3. The second kappa shape index (κ2) is 5.24. The molecule has 0 aromatic heterocycles. The molecule has 0 saturated carbocycles. The maximum absolute atomic E-state index is 11.2. The van der Waals surface area contributed by atoms with E-state index in [4.69, 9.17) is 0 Å². The van der Waals surface area contributed by atoms with Gasteiger partial charge in [-0.15, -0.1) is 0 Å². The van der Waals surface area contributed by atoms with Crippen LogP contribution in [-0.2, 0) is 14.4 Å². The highest BCUT2D eigenvalue weighted by molar-refractivity contribution is 5.95. The summed E-state index contributed by atoms with van der Waals surface area (Å²) in [7, 11) is 0. The van der Waals surface area contributed by atoms with Crippen LogP contribution >= 0.6 is 0 Å². The zero-order valence-corrected chi connectivity index (χ0v) is 7.34. The first kappa shape index (κ1) is 10.5. The van der Waals surface area contributed by atoms with Gasteiger partial charge in [0.2, 0.25) is 6.08 Å². The zero-order valence-electron chi connectivity index (χ0n) is 7.34. The fourth-order valence-corrected chi connectivity index (χ4v) is 0.902. The third-order valence-electron chi connectivity index (χ3n) is 1.46. The third-order valence-corrected chi connectivity index (χ3v) is 1.46. The molecule has 0 N–H and O–H groups in total. The molecule has 1 aromatic carbocycles. The molecular formula is C9H4N2O4. The molecule has 1 aromatic rings. The number of benzene rings is 1. The summed E-state index contributed by atoms with van der Waals surface area (Å²) in [6.07, 6.45) is 2.34. The van der Waals surface area contributed by atoms with Gasteiger partial charge < -0.3 is 4.84 Å². The highest BCUT2D eigenvalue weighted by Crippen LogP contribution is 2.18. The lowest BCUT2D eigenvalue weighted by molar-refractivity contribution is 0.0517. The molecule has 0 saturated heterocycles. The molecule has 0 radical (unpaired) electrons. The highest BCUT2D eigenvalue weighted by atomic mass is 16.7. The van der Waals surface area contributed by atoms with Crippen LogP contribution < -0.4 is 0 Å². The van der Waals surface area contributed by atoms with Gasteiger partial charge in [-0.3, -0.25) is 0 Å². The quantitative estimate of drug-likeness (QED) is 0.319. The van der Waals surface area contributed by atoms with E-state index in [1.807, 2.05) is 0 Å². The van der Waals surface area contributed by atoms with Gasteiger partial charge in [-0.1, -0.05) is 12.1 Å². The Bertz CT molecular complexity index is 471. The van der Waals surface area contributed by atoms with Gasteiger partial charge >= 0.3 is 5.97 Å². The summed E-state index contributed by atoms with van der Waals surface area (Å²) in [5.74, 6) is -0.895. The molecular weight excluding hydrogens is 200 g/mol. The van der Waals surface area contributed by atoms with E-state index in [1.165, 1.54) is 18.2 Å². The minimum atomic E-state index is -0.895. The van der Waals surface area contributed by atoms with E-state index in [0.29, 0.717) is 0 Å². The SMILES string of the molecule is O=C=NOC(=O)c1ccccc1N=C=O. The summed E-state index contributed by atoms with van der Waals surface area (Å²) in [5.41, 5.74) is 0.110. The smallest absolute Gasteiger partial charge is 0.301 e. The summed E-state index contributed by atoms with van der Waals surface area (Å²) >= 11 is 0. The fraction of sp³-hybridized carbons (Fsp3) is 0. The van der Waals surface area contributed by atoms with Crippen molar-refractivity contribution in [2.75, 3.05) is 0 Å². The number of para-hydroxylation sites is 1. The van der Waals surface area contributed by atoms with Crippen LogP contribution in [0.4, 0.5) is 5.69 Å². The molecule has 0 spiro atoms. The van der Waals surface area contributed by atoms with Gasteiger partial charge in [-0.25, -0.2) is 14.4 Å². The number of aliphatic imine (C=N–C) groups is 1. The van der Waals surface area contributed by atoms with Crippen molar-refractivity contribution in [2.24, 2.45) is 10.1 Å². The van der Waals surface area contributed by atoms with Crippen molar-refractivity contribution in [1.29, 1.82) is 0 Å². The summed E-state index contributed by atoms with van der Waals surface area (Å²) in [5, 5.41) is 2.65.